The molecular formula is C21H22ClFN2O3. The lowest BCUT2D eigenvalue weighted by Gasteiger charge is -2.36. The molecule has 28 heavy (non-hydrogen) atoms. The minimum absolute atomic E-state index is 0.00841. The van der Waals surface area contributed by atoms with Crippen molar-refractivity contribution in [2.45, 2.75) is 13.3 Å². The molecule has 3 rings (SSSR count). The van der Waals surface area contributed by atoms with E-state index in [0.29, 0.717) is 48.2 Å². The Balaban J connectivity index is 1.48. The molecule has 148 valence electrons. The van der Waals surface area contributed by atoms with Gasteiger partial charge in [-0.1, -0.05) is 17.7 Å². The van der Waals surface area contributed by atoms with Gasteiger partial charge in [0.1, 0.15) is 11.6 Å². The highest BCUT2D eigenvalue weighted by Crippen LogP contribution is 2.22. The van der Waals surface area contributed by atoms with Crippen molar-refractivity contribution in [1.82, 2.24) is 4.90 Å². The van der Waals surface area contributed by atoms with E-state index in [1.807, 2.05) is 4.90 Å². The summed E-state index contributed by atoms with van der Waals surface area (Å²) < 4.78 is 19.9. The summed E-state index contributed by atoms with van der Waals surface area (Å²) in [5.41, 5.74) is 0.816. The Morgan fingerprint density at radius 1 is 1.11 bits per heavy atom. The molecular weight excluding hydrogens is 383 g/mol. The summed E-state index contributed by atoms with van der Waals surface area (Å²) in [5, 5.41) is 0.587. The first-order valence-corrected chi connectivity index (χ1v) is 9.53. The molecule has 0 N–H and O–H groups in total. The number of halogens is 2. The normalized spacial score (nSPS) is 14.1. The van der Waals surface area contributed by atoms with Gasteiger partial charge in [0.15, 0.2) is 5.78 Å². The standard InChI is InChI=1S/C21H22ClFN2O3/c1-15(26)16-5-6-20(19(23)13-16)24-8-10-25(11-9-24)21(27)7-12-28-18-4-2-3-17(22)14-18/h2-6,13-14H,7-12H2,1H3. The van der Waals surface area contributed by atoms with Crippen molar-refractivity contribution >= 4 is 29.0 Å². The van der Waals surface area contributed by atoms with Gasteiger partial charge in [0.05, 0.1) is 18.7 Å². The van der Waals surface area contributed by atoms with Gasteiger partial charge in [-0.15, -0.1) is 0 Å². The fraction of sp³-hybridized carbons (Fsp3) is 0.333. The molecule has 0 spiro atoms. The van der Waals surface area contributed by atoms with Crippen LogP contribution in [0.3, 0.4) is 0 Å². The summed E-state index contributed by atoms with van der Waals surface area (Å²) in [7, 11) is 0. The largest absolute Gasteiger partial charge is 0.493 e. The number of benzene rings is 2. The van der Waals surface area contributed by atoms with Crippen molar-refractivity contribution in [2.24, 2.45) is 0 Å². The topological polar surface area (TPSA) is 49.9 Å². The number of Topliss-reactive ketones (excluding diaryl/α,β-unsaturated/α-hetero) is 1. The highest BCUT2D eigenvalue weighted by molar-refractivity contribution is 6.30. The summed E-state index contributed by atoms with van der Waals surface area (Å²) in [4.78, 5) is 27.4. The first-order chi connectivity index (χ1) is 13.4. The van der Waals surface area contributed by atoms with E-state index >= 15 is 0 Å². The first-order valence-electron chi connectivity index (χ1n) is 9.15. The van der Waals surface area contributed by atoms with Crippen molar-refractivity contribution in [3.8, 4) is 5.75 Å². The van der Waals surface area contributed by atoms with Gasteiger partial charge in [-0.25, -0.2) is 4.39 Å². The fourth-order valence-electron chi connectivity index (χ4n) is 3.15. The van der Waals surface area contributed by atoms with Crippen LogP contribution in [0.25, 0.3) is 0 Å². The highest BCUT2D eigenvalue weighted by Gasteiger charge is 2.23. The quantitative estimate of drug-likeness (QED) is 0.687. The van der Waals surface area contributed by atoms with Crippen LogP contribution in [0.15, 0.2) is 42.5 Å². The van der Waals surface area contributed by atoms with E-state index in [1.165, 1.54) is 13.0 Å². The maximum atomic E-state index is 14.3. The maximum absolute atomic E-state index is 14.3. The van der Waals surface area contributed by atoms with Crippen molar-refractivity contribution in [2.75, 3.05) is 37.7 Å². The Morgan fingerprint density at radius 2 is 1.86 bits per heavy atom. The predicted molar refractivity (Wildman–Crippen MR) is 107 cm³/mol. The predicted octanol–water partition coefficient (Wildman–Crippen LogP) is 3.80. The van der Waals surface area contributed by atoms with Crippen LogP contribution in [-0.4, -0.2) is 49.4 Å². The summed E-state index contributed by atoms with van der Waals surface area (Å²) in [6.07, 6.45) is 0.272. The van der Waals surface area contributed by atoms with Crippen LogP contribution < -0.4 is 9.64 Å². The molecule has 0 bridgehead atoms. The number of hydrogen-bond donors (Lipinski definition) is 0. The Bertz CT molecular complexity index is 866. The number of ketones is 1. The number of nitrogens with zero attached hydrogens (tertiary/aromatic N) is 2. The third-order valence-corrected chi connectivity index (χ3v) is 4.94. The van der Waals surface area contributed by atoms with Gasteiger partial charge in [-0.3, -0.25) is 9.59 Å². The molecule has 0 saturated carbocycles. The van der Waals surface area contributed by atoms with E-state index < -0.39 is 5.82 Å². The monoisotopic (exact) mass is 404 g/mol. The number of amides is 1. The zero-order valence-corrected chi connectivity index (χ0v) is 16.4. The molecule has 0 atom stereocenters. The van der Waals surface area contributed by atoms with Crippen molar-refractivity contribution in [3.63, 3.8) is 0 Å². The van der Waals surface area contributed by atoms with E-state index in [0.717, 1.165) is 0 Å². The second-order valence-electron chi connectivity index (χ2n) is 6.65. The Kier molecular flexibility index (Phi) is 6.52. The van der Waals surface area contributed by atoms with Crippen molar-refractivity contribution in [3.05, 3.63) is 58.9 Å². The van der Waals surface area contributed by atoms with Crippen LogP contribution in [0.1, 0.15) is 23.7 Å². The van der Waals surface area contributed by atoms with Crippen LogP contribution in [0, 0.1) is 5.82 Å². The number of ether oxygens (including phenoxy) is 1. The van der Waals surface area contributed by atoms with Crippen molar-refractivity contribution < 1.29 is 18.7 Å². The lowest BCUT2D eigenvalue weighted by atomic mass is 10.1. The minimum atomic E-state index is -0.414. The van der Waals surface area contributed by atoms with Crippen LogP contribution in [0.5, 0.6) is 5.75 Å². The lowest BCUT2D eigenvalue weighted by molar-refractivity contribution is -0.132. The van der Waals surface area contributed by atoms with Crippen molar-refractivity contribution in [1.29, 1.82) is 0 Å². The van der Waals surface area contributed by atoms with E-state index in [2.05, 4.69) is 0 Å². The Labute approximate surface area is 168 Å². The second kappa shape index (κ2) is 9.06. The number of carbonyl (C=O) groups excluding carboxylic acids is 2. The smallest absolute Gasteiger partial charge is 0.226 e. The average molecular weight is 405 g/mol. The number of rotatable bonds is 6. The van der Waals surface area contributed by atoms with Crippen LogP contribution in [-0.2, 0) is 4.79 Å². The Morgan fingerprint density at radius 3 is 2.50 bits per heavy atom. The average Bonchev–Trinajstić information content (AvgIpc) is 2.68. The third-order valence-electron chi connectivity index (χ3n) is 4.71. The molecule has 1 amide bonds. The van der Waals surface area contributed by atoms with Gasteiger partial charge in [-0.05, 0) is 43.3 Å². The van der Waals surface area contributed by atoms with E-state index in [4.69, 9.17) is 16.3 Å². The zero-order valence-electron chi connectivity index (χ0n) is 15.7. The summed E-state index contributed by atoms with van der Waals surface area (Å²) in [6.45, 7) is 3.80. The first kappa shape index (κ1) is 20.1. The number of piperazine rings is 1. The summed E-state index contributed by atoms with van der Waals surface area (Å²) in [6, 6.07) is 11.6. The van der Waals surface area contributed by atoms with Crippen LogP contribution in [0.4, 0.5) is 10.1 Å². The summed E-state index contributed by atoms with van der Waals surface area (Å²) >= 11 is 5.90. The maximum Gasteiger partial charge on any atom is 0.226 e. The zero-order chi connectivity index (χ0) is 20.1. The molecule has 0 aromatic heterocycles. The van der Waals surface area contributed by atoms with Gasteiger partial charge in [-0.2, -0.15) is 0 Å². The van der Waals surface area contributed by atoms with Crippen LogP contribution in [0.2, 0.25) is 5.02 Å². The van der Waals surface area contributed by atoms with Gasteiger partial charge in [0, 0.05) is 36.8 Å². The molecule has 0 aliphatic carbocycles. The summed E-state index contributed by atoms with van der Waals surface area (Å²) in [5.74, 6) is 0.0620. The molecule has 1 fully saturated rings. The number of hydrogen-bond acceptors (Lipinski definition) is 4. The molecule has 2 aromatic rings. The molecule has 5 nitrogen and oxygen atoms in total. The highest BCUT2D eigenvalue weighted by atomic mass is 35.5. The molecule has 1 aliphatic rings. The van der Waals surface area contributed by atoms with E-state index in [-0.39, 0.29) is 24.7 Å². The minimum Gasteiger partial charge on any atom is -0.493 e. The van der Waals surface area contributed by atoms with Gasteiger partial charge < -0.3 is 14.5 Å². The van der Waals surface area contributed by atoms with E-state index in [9.17, 15) is 14.0 Å². The lowest BCUT2D eigenvalue weighted by Crippen LogP contribution is -2.49. The molecule has 0 radical (unpaired) electrons. The molecule has 0 unspecified atom stereocenters. The van der Waals surface area contributed by atoms with Gasteiger partial charge in [0.25, 0.3) is 0 Å². The molecule has 7 heteroatoms. The molecule has 2 aromatic carbocycles. The fourth-order valence-corrected chi connectivity index (χ4v) is 3.33. The number of carbonyl (C=O) groups is 2. The third kappa shape index (κ3) is 5.01. The van der Waals surface area contributed by atoms with Gasteiger partial charge >= 0.3 is 0 Å². The molecule has 1 aliphatic heterocycles. The second-order valence-corrected chi connectivity index (χ2v) is 7.08. The van der Waals surface area contributed by atoms with Crippen LogP contribution >= 0.6 is 11.6 Å². The number of anilines is 1. The van der Waals surface area contributed by atoms with Gasteiger partial charge in [0.2, 0.25) is 5.91 Å². The molecule has 1 heterocycles. The SMILES string of the molecule is CC(=O)c1ccc(N2CCN(C(=O)CCOc3cccc(Cl)c3)CC2)c(F)c1. The van der Waals surface area contributed by atoms with E-state index in [1.54, 1.807) is 41.3 Å². The Hall–Kier alpha value is -2.60. The molecule has 1 saturated heterocycles.